The maximum atomic E-state index is 12.8. The molecule has 0 saturated carbocycles. The quantitative estimate of drug-likeness (QED) is 0.850. The van der Waals surface area contributed by atoms with E-state index in [2.05, 4.69) is 0 Å². The number of hydrogen-bond donors (Lipinski definition) is 1. The molecule has 0 radical (unpaired) electrons. The molecule has 0 bridgehead atoms. The van der Waals surface area contributed by atoms with E-state index in [-0.39, 0.29) is 11.4 Å². The van der Waals surface area contributed by atoms with Gasteiger partial charge in [-0.05, 0) is 45.4 Å². The van der Waals surface area contributed by atoms with Crippen LogP contribution in [0.3, 0.4) is 0 Å². The first-order valence-corrected chi connectivity index (χ1v) is 8.08. The summed E-state index contributed by atoms with van der Waals surface area (Å²) in [5.74, 6) is 0. The smallest absolute Gasteiger partial charge is 0.243 e. The van der Waals surface area contributed by atoms with Crippen LogP contribution in [0.15, 0.2) is 40.8 Å². The Morgan fingerprint density at radius 1 is 1.30 bits per heavy atom. The highest BCUT2D eigenvalue weighted by molar-refractivity contribution is 7.89. The SMILES string of the molecule is C/C=C1\CN(S(=O)(=O)c2ccc(C)cc2)C(C)(C)[C@@H]1O. The van der Waals surface area contributed by atoms with Crippen LogP contribution in [0, 0.1) is 6.92 Å². The lowest BCUT2D eigenvalue weighted by molar-refractivity contribution is 0.106. The van der Waals surface area contributed by atoms with Crippen LogP contribution in [0.4, 0.5) is 0 Å². The van der Waals surface area contributed by atoms with E-state index >= 15 is 0 Å². The van der Waals surface area contributed by atoms with Crippen molar-refractivity contribution in [2.75, 3.05) is 6.54 Å². The van der Waals surface area contributed by atoms with Crippen LogP contribution in [0.5, 0.6) is 0 Å². The summed E-state index contributed by atoms with van der Waals surface area (Å²) >= 11 is 0. The average Bonchev–Trinajstić information content (AvgIpc) is 2.62. The number of aryl methyl sites for hydroxylation is 1. The zero-order valence-electron chi connectivity index (χ0n) is 12.3. The molecule has 110 valence electrons. The summed E-state index contributed by atoms with van der Waals surface area (Å²) in [6.07, 6.45) is 1.02. The van der Waals surface area contributed by atoms with Crippen LogP contribution in [-0.2, 0) is 10.0 Å². The molecule has 0 aliphatic carbocycles. The predicted octanol–water partition coefficient (Wildman–Crippen LogP) is 2.09. The molecule has 5 heteroatoms. The van der Waals surface area contributed by atoms with Crippen molar-refractivity contribution in [1.82, 2.24) is 4.31 Å². The monoisotopic (exact) mass is 295 g/mol. The summed E-state index contributed by atoms with van der Waals surface area (Å²) in [5.41, 5.74) is 0.912. The lowest BCUT2D eigenvalue weighted by atomic mass is 9.97. The molecule has 1 aliphatic heterocycles. The lowest BCUT2D eigenvalue weighted by Crippen LogP contribution is -2.47. The molecule has 0 aromatic heterocycles. The first-order valence-electron chi connectivity index (χ1n) is 6.64. The van der Waals surface area contributed by atoms with Crippen molar-refractivity contribution in [1.29, 1.82) is 0 Å². The molecule has 1 atom stereocenters. The fourth-order valence-corrected chi connectivity index (χ4v) is 4.30. The Morgan fingerprint density at radius 2 is 1.85 bits per heavy atom. The van der Waals surface area contributed by atoms with Gasteiger partial charge >= 0.3 is 0 Å². The van der Waals surface area contributed by atoms with Gasteiger partial charge in [0.2, 0.25) is 10.0 Å². The molecule has 1 heterocycles. The summed E-state index contributed by atoms with van der Waals surface area (Å²) in [6.45, 7) is 7.47. The van der Waals surface area contributed by atoms with Gasteiger partial charge in [0, 0.05) is 6.54 Å². The van der Waals surface area contributed by atoms with Crippen molar-refractivity contribution in [3.63, 3.8) is 0 Å². The Bertz CT molecular complexity index is 630. The van der Waals surface area contributed by atoms with Gasteiger partial charge in [-0.3, -0.25) is 0 Å². The van der Waals surface area contributed by atoms with Gasteiger partial charge in [0.05, 0.1) is 16.5 Å². The van der Waals surface area contributed by atoms with Crippen molar-refractivity contribution in [2.24, 2.45) is 0 Å². The number of allylic oxidation sites excluding steroid dienone is 1. The van der Waals surface area contributed by atoms with Crippen LogP contribution >= 0.6 is 0 Å². The van der Waals surface area contributed by atoms with Crippen molar-refractivity contribution in [2.45, 2.75) is 44.2 Å². The third-order valence-corrected chi connectivity index (χ3v) is 6.02. The summed E-state index contributed by atoms with van der Waals surface area (Å²) in [5, 5.41) is 10.3. The predicted molar refractivity (Wildman–Crippen MR) is 78.9 cm³/mol. The highest BCUT2D eigenvalue weighted by Gasteiger charge is 2.49. The first kappa shape index (κ1) is 15.2. The lowest BCUT2D eigenvalue weighted by Gasteiger charge is -2.32. The van der Waals surface area contributed by atoms with Gasteiger partial charge in [-0.1, -0.05) is 23.8 Å². The number of nitrogens with zero attached hydrogens (tertiary/aromatic N) is 1. The van der Waals surface area contributed by atoms with Gasteiger partial charge < -0.3 is 5.11 Å². The minimum absolute atomic E-state index is 0.237. The van der Waals surface area contributed by atoms with E-state index in [1.165, 1.54) is 4.31 Å². The van der Waals surface area contributed by atoms with Crippen LogP contribution in [-0.4, -0.2) is 36.0 Å². The van der Waals surface area contributed by atoms with E-state index in [0.29, 0.717) is 0 Å². The Balaban J connectivity index is 2.47. The van der Waals surface area contributed by atoms with E-state index in [1.807, 2.05) is 13.8 Å². The van der Waals surface area contributed by atoms with Gasteiger partial charge in [0.25, 0.3) is 0 Å². The van der Waals surface area contributed by atoms with Crippen LogP contribution in [0.25, 0.3) is 0 Å². The van der Waals surface area contributed by atoms with Gasteiger partial charge in [0.1, 0.15) is 0 Å². The van der Waals surface area contributed by atoms with E-state index in [0.717, 1.165) is 11.1 Å². The van der Waals surface area contributed by atoms with E-state index in [1.54, 1.807) is 44.2 Å². The second kappa shape index (κ2) is 4.98. The van der Waals surface area contributed by atoms with Crippen LogP contribution in [0.1, 0.15) is 26.3 Å². The van der Waals surface area contributed by atoms with E-state index in [9.17, 15) is 13.5 Å². The second-order valence-corrected chi connectivity index (χ2v) is 7.61. The molecule has 2 rings (SSSR count). The van der Waals surface area contributed by atoms with Crippen LogP contribution < -0.4 is 0 Å². The number of aliphatic hydroxyl groups excluding tert-OH is 1. The highest BCUT2D eigenvalue weighted by Crippen LogP contribution is 2.37. The Hall–Kier alpha value is -1.17. The molecule has 0 unspecified atom stereocenters. The molecular weight excluding hydrogens is 274 g/mol. The highest BCUT2D eigenvalue weighted by atomic mass is 32.2. The minimum Gasteiger partial charge on any atom is -0.387 e. The zero-order valence-corrected chi connectivity index (χ0v) is 13.1. The summed E-state index contributed by atoms with van der Waals surface area (Å²) < 4.78 is 26.9. The standard InChI is InChI=1S/C15H21NO3S/c1-5-12-10-16(15(3,4)14(12)17)20(18,19)13-8-6-11(2)7-9-13/h5-9,14,17H,10H2,1-4H3/b12-5+/t14-/m1/s1. The normalized spacial score (nSPS) is 25.2. The van der Waals surface area contributed by atoms with Gasteiger partial charge in [0.15, 0.2) is 0 Å². The Labute approximate surface area is 120 Å². The minimum atomic E-state index is -3.61. The van der Waals surface area contributed by atoms with Gasteiger partial charge in [-0.2, -0.15) is 4.31 Å². The van der Waals surface area contributed by atoms with Crippen molar-refractivity contribution < 1.29 is 13.5 Å². The molecule has 4 nitrogen and oxygen atoms in total. The number of rotatable bonds is 2. The van der Waals surface area contributed by atoms with Gasteiger partial charge in [-0.25, -0.2) is 8.42 Å². The summed E-state index contributed by atoms with van der Waals surface area (Å²) in [6, 6.07) is 6.79. The summed E-state index contributed by atoms with van der Waals surface area (Å²) in [7, 11) is -3.61. The molecule has 1 aromatic rings. The number of sulfonamides is 1. The number of hydrogen-bond acceptors (Lipinski definition) is 3. The van der Waals surface area contributed by atoms with Crippen LogP contribution in [0.2, 0.25) is 0 Å². The van der Waals surface area contributed by atoms with Crippen molar-refractivity contribution >= 4 is 10.0 Å². The molecule has 1 N–H and O–H groups in total. The molecule has 1 saturated heterocycles. The Morgan fingerprint density at radius 3 is 2.30 bits per heavy atom. The molecule has 20 heavy (non-hydrogen) atoms. The van der Waals surface area contributed by atoms with Crippen molar-refractivity contribution in [3.8, 4) is 0 Å². The fourth-order valence-electron chi connectivity index (χ4n) is 2.53. The van der Waals surface area contributed by atoms with Gasteiger partial charge in [-0.15, -0.1) is 0 Å². The van der Waals surface area contributed by atoms with Crippen molar-refractivity contribution in [3.05, 3.63) is 41.5 Å². The number of benzene rings is 1. The molecule has 0 spiro atoms. The fraction of sp³-hybridized carbons (Fsp3) is 0.467. The molecule has 1 fully saturated rings. The first-order chi connectivity index (χ1) is 9.21. The summed E-state index contributed by atoms with van der Waals surface area (Å²) in [4.78, 5) is 0.265. The molecule has 1 aromatic carbocycles. The maximum absolute atomic E-state index is 12.8. The zero-order chi connectivity index (χ0) is 15.1. The molecular formula is C15H21NO3S. The Kier molecular flexibility index (Phi) is 3.79. The molecule has 1 aliphatic rings. The topological polar surface area (TPSA) is 57.6 Å². The third kappa shape index (κ3) is 2.30. The van der Waals surface area contributed by atoms with E-state index in [4.69, 9.17) is 0 Å². The molecule has 0 amide bonds. The third-order valence-electron chi connectivity index (χ3n) is 3.97. The largest absolute Gasteiger partial charge is 0.387 e. The second-order valence-electron chi connectivity index (χ2n) is 5.74. The number of aliphatic hydroxyl groups is 1. The maximum Gasteiger partial charge on any atom is 0.243 e. The average molecular weight is 295 g/mol. The van der Waals surface area contributed by atoms with E-state index < -0.39 is 21.7 Å².